The van der Waals surface area contributed by atoms with Gasteiger partial charge in [0.1, 0.15) is 11.5 Å². The Labute approximate surface area is 153 Å². The summed E-state index contributed by atoms with van der Waals surface area (Å²) in [5.41, 5.74) is -1.73. The molecule has 2 N–H and O–H groups in total. The summed E-state index contributed by atoms with van der Waals surface area (Å²) in [5, 5.41) is 13.6. The van der Waals surface area contributed by atoms with E-state index < -0.39 is 17.5 Å². The van der Waals surface area contributed by atoms with Gasteiger partial charge >= 0.3 is 6.18 Å². The van der Waals surface area contributed by atoms with Crippen molar-refractivity contribution >= 4 is 17.6 Å². The van der Waals surface area contributed by atoms with Crippen molar-refractivity contribution in [1.82, 2.24) is 15.0 Å². The lowest BCUT2D eigenvalue weighted by molar-refractivity contribution is -0.141. The highest BCUT2D eigenvalue weighted by Crippen LogP contribution is 2.41. The van der Waals surface area contributed by atoms with E-state index in [-0.39, 0.29) is 29.1 Å². The molecule has 0 saturated heterocycles. The summed E-state index contributed by atoms with van der Waals surface area (Å²) in [6.45, 7) is 2.15. The highest BCUT2D eigenvalue weighted by atomic mass is 32.2. The van der Waals surface area contributed by atoms with Gasteiger partial charge in [-0.05, 0) is 30.7 Å². The van der Waals surface area contributed by atoms with Crippen molar-refractivity contribution in [3.05, 3.63) is 36.2 Å². The monoisotopic (exact) mass is 384 g/mol. The predicted octanol–water partition coefficient (Wildman–Crippen LogP) is 3.62. The molecule has 2 atom stereocenters. The molecule has 0 radical (unpaired) electrons. The molecule has 9 heteroatoms. The van der Waals surface area contributed by atoms with Crippen molar-refractivity contribution in [2.24, 2.45) is 0 Å². The Bertz CT molecular complexity index is 759. The number of pyridine rings is 1. The van der Waals surface area contributed by atoms with Crippen LogP contribution in [0.1, 0.15) is 25.5 Å². The van der Waals surface area contributed by atoms with Crippen LogP contribution in [0.25, 0.3) is 11.5 Å². The number of thioether (sulfide) groups is 1. The molecule has 1 saturated carbocycles. The molecule has 26 heavy (non-hydrogen) atoms. The fraction of sp³-hybridized carbons (Fsp3) is 0.471. The molecule has 0 amide bonds. The fourth-order valence-electron chi connectivity index (χ4n) is 2.77. The van der Waals surface area contributed by atoms with Crippen molar-refractivity contribution < 1.29 is 18.3 Å². The zero-order valence-electron chi connectivity index (χ0n) is 14.1. The van der Waals surface area contributed by atoms with Crippen LogP contribution in [0.3, 0.4) is 0 Å². The van der Waals surface area contributed by atoms with E-state index in [0.29, 0.717) is 6.42 Å². The lowest BCUT2D eigenvalue weighted by atomic mass is 9.79. The Morgan fingerprint density at radius 3 is 2.73 bits per heavy atom. The predicted molar refractivity (Wildman–Crippen MR) is 94.9 cm³/mol. The van der Waals surface area contributed by atoms with Crippen LogP contribution < -0.4 is 5.32 Å². The lowest BCUT2D eigenvalue weighted by Crippen LogP contribution is -2.54. The summed E-state index contributed by atoms with van der Waals surface area (Å²) < 4.78 is 39.6. The second-order valence-electron chi connectivity index (χ2n) is 6.11. The van der Waals surface area contributed by atoms with E-state index in [1.807, 2.05) is 6.92 Å². The third kappa shape index (κ3) is 4.09. The highest BCUT2D eigenvalue weighted by molar-refractivity contribution is 8.00. The van der Waals surface area contributed by atoms with Crippen molar-refractivity contribution in [2.45, 2.75) is 36.8 Å². The zero-order chi connectivity index (χ0) is 18.8. The molecule has 0 aliphatic heterocycles. The standard InChI is InChI=1S/C17H19F3N4OS/c1-2-26-13-6-7-16(13,25)10-22-14-9-12(17(18,19)20)23-15(24-14)11-5-3-4-8-21-11/h3-5,8-9,13,25H,2,6-7,10H2,1H3,(H,22,23,24). The molecule has 2 aromatic rings. The third-order valence-electron chi connectivity index (χ3n) is 4.29. The van der Waals surface area contributed by atoms with E-state index in [2.05, 4.69) is 20.3 Å². The van der Waals surface area contributed by atoms with Gasteiger partial charge in [-0.1, -0.05) is 13.0 Å². The molecule has 2 unspecified atom stereocenters. The van der Waals surface area contributed by atoms with Crippen LogP contribution in [0.2, 0.25) is 0 Å². The van der Waals surface area contributed by atoms with E-state index in [4.69, 9.17) is 0 Å². The molecular formula is C17H19F3N4OS. The molecule has 140 valence electrons. The molecule has 2 aromatic heterocycles. The van der Waals surface area contributed by atoms with Crippen LogP contribution in [-0.2, 0) is 6.18 Å². The summed E-state index contributed by atoms with van der Waals surface area (Å²) in [7, 11) is 0. The van der Waals surface area contributed by atoms with Gasteiger partial charge in [0.2, 0.25) is 0 Å². The number of rotatable bonds is 6. The normalized spacial score (nSPS) is 22.7. The Balaban J connectivity index is 1.84. The number of nitrogens with zero attached hydrogens (tertiary/aromatic N) is 3. The molecule has 3 rings (SSSR count). The van der Waals surface area contributed by atoms with Gasteiger partial charge < -0.3 is 10.4 Å². The fourth-order valence-corrected chi connectivity index (χ4v) is 3.97. The first kappa shape index (κ1) is 18.9. The van der Waals surface area contributed by atoms with Gasteiger partial charge in [0.15, 0.2) is 11.5 Å². The summed E-state index contributed by atoms with van der Waals surface area (Å²) >= 11 is 1.65. The Kier molecular flexibility index (Phi) is 5.38. The molecule has 1 aliphatic rings. The van der Waals surface area contributed by atoms with Crippen molar-refractivity contribution in [3.63, 3.8) is 0 Å². The molecule has 0 spiro atoms. The van der Waals surface area contributed by atoms with E-state index in [0.717, 1.165) is 18.2 Å². The van der Waals surface area contributed by atoms with E-state index in [1.165, 1.54) is 6.20 Å². The van der Waals surface area contributed by atoms with E-state index in [9.17, 15) is 18.3 Å². The Morgan fingerprint density at radius 2 is 2.15 bits per heavy atom. The first-order valence-corrected chi connectivity index (χ1v) is 9.32. The number of halogens is 3. The Morgan fingerprint density at radius 1 is 1.35 bits per heavy atom. The number of nitrogens with one attached hydrogen (secondary N) is 1. The quantitative estimate of drug-likeness (QED) is 0.793. The SMILES string of the molecule is CCSC1CCC1(O)CNc1cc(C(F)(F)F)nc(-c2ccccn2)n1. The topological polar surface area (TPSA) is 70.9 Å². The van der Waals surface area contributed by atoms with Crippen molar-refractivity contribution in [3.8, 4) is 11.5 Å². The van der Waals surface area contributed by atoms with Crippen molar-refractivity contribution in [1.29, 1.82) is 0 Å². The molecule has 5 nitrogen and oxygen atoms in total. The first-order chi connectivity index (χ1) is 12.3. The lowest BCUT2D eigenvalue weighted by Gasteiger charge is -2.45. The number of alkyl halides is 3. The number of aliphatic hydroxyl groups is 1. The van der Waals surface area contributed by atoms with Gasteiger partial charge in [-0.15, -0.1) is 0 Å². The van der Waals surface area contributed by atoms with Gasteiger partial charge in [0, 0.05) is 24.1 Å². The molecular weight excluding hydrogens is 365 g/mol. The number of hydrogen-bond donors (Lipinski definition) is 2. The summed E-state index contributed by atoms with van der Waals surface area (Å²) in [5.74, 6) is 0.791. The largest absolute Gasteiger partial charge is 0.433 e. The van der Waals surface area contributed by atoms with Gasteiger partial charge in [0.05, 0.1) is 5.60 Å². The molecule has 1 aliphatic carbocycles. The van der Waals surface area contributed by atoms with Gasteiger partial charge in [-0.3, -0.25) is 4.98 Å². The summed E-state index contributed by atoms with van der Waals surface area (Å²) in [6, 6.07) is 5.72. The minimum Gasteiger partial charge on any atom is -0.387 e. The summed E-state index contributed by atoms with van der Waals surface area (Å²) in [4.78, 5) is 11.8. The Hall–Kier alpha value is -1.87. The van der Waals surface area contributed by atoms with E-state index in [1.54, 1.807) is 30.0 Å². The molecule has 1 fully saturated rings. The average Bonchev–Trinajstić information content (AvgIpc) is 2.63. The van der Waals surface area contributed by atoms with E-state index >= 15 is 0 Å². The van der Waals surface area contributed by atoms with Crippen LogP contribution in [0.4, 0.5) is 19.0 Å². The minimum atomic E-state index is -4.60. The van der Waals surface area contributed by atoms with Gasteiger partial charge in [-0.2, -0.15) is 24.9 Å². The third-order valence-corrected chi connectivity index (χ3v) is 5.70. The zero-order valence-corrected chi connectivity index (χ0v) is 14.9. The molecule has 0 bridgehead atoms. The van der Waals surface area contributed by atoms with Crippen LogP contribution in [-0.4, -0.2) is 43.2 Å². The van der Waals surface area contributed by atoms with Gasteiger partial charge in [0.25, 0.3) is 0 Å². The van der Waals surface area contributed by atoms with Crippen LogP contribution >= 0.6 is 11.8 Å². The van der Waals surface area contributed by atoms with Crippen LogP contribution in [0.15, 0.2) is 30.5 Å². The van der Waals surface area contributed by atoms with Crippen LogP contribution in [0.5, 0.6) is 0 Å². The summed E-state index contributed by atoms with van der Waals surface area (Å²) in [6.07, 6.45) is -1.62. The maximum atomic E-state index is 13.2. The van der Waals surface area contributed by atoms with Gasteiger partial charge in [-0.25, -0.2) is 9.97 Å². The average molecular weight is 384 g/mol. The van der Waals surface area contributed by atoms with Crippen LogP contribution in [0, 0.1) is 0 Å². The number of hydrogen-bond acceptors (Lipinski definition) is 6. The highest BCUT2D eigenvalue weighted by Gasteiger charge is 2.45. The van der Waals surface area contributed by atoms with Crippen molar-refractivity contribution in [2.75, 3.05) is 17.6 Å². The second kappa shape index (κ2) is 7.40. The second-order valence-corrected chi connectivity index (χ2v) is 7.59. The minimum absolute atomic E-state index is 0.0218. The smallest absolute Gasteiger partial charge is 0.387 e. The maximum absolute atomic E-state index is 13.2. The number of aromatic nitrogens is 3. The molecule has 0 aromatic carbocycles. The number of anilines is 1. The maximum Gasteiger partial charge on any atom is 0.433 e. The molecule has 2 heterocycles. The first-order valence-electron chi connectivity index (χ1n) is 8.27.